The van der Waals surface area contributed by atoms with E-state index in [-0.39, 0.29) is 24.3 Å². The topological polar surface area (TPSA) is 60.9 Å². The van der Waals surface area contributed by atoms with Gasteiger partial charge in [0.05, 0.1) is 0 Å². The Morgan fingerprint density at radius 1 is 1.00 bits per heavy atom. The summed E-state index contributed by atoms with van der Waals surface area (Å²) < 4.78 is 0. The number of amides is 1. The first-order valence-electron chi connectivity index (χ1n) is 12.5. The summed E-state index contributed by atoms with van der Waals surface area (Å²) in [6.07, 6.45) is 6.30. The van der Waals surface area contributed by atoms with Crippen LogP contribution in [0.15, 0.2) is 54.6 Å². The molecule has 2 unspecified atom stereocenters. The lowest BCUT2D eigenvalue weighted by molar-refractivity contribution is -0.137. The molecule has 5 nitrogen and oxygen atoms in total. The fraction of sp³-hybridized carbons (Fsp3) is 0.500. The lowest BCUT2D eigenvalue weighted by atomic mass is 9.85. The summed E-state index contributed by atoms with van der Waals surface area (Å²) in [6, 6.07) is 19.7. The Morgan fingerprint density at radius 3 is 2.42 bits per heavy atom. The van der Waals surface area contributed by atoms with Gasteiger partial charge in [0.1, 0.15) is 0 Å². The summed E-state index contributed by atoms with van der Waals surface area (Å²) >= 11 is 0. The van der Waals surface area contributed by atoms with Gasteiger partial charge in [-0.05, 0) is 56.2 Å². The minimum atomic E-state index is -0.739. The highest BCUT2D eigenvalue weighted by atomic mass is 16.4. The van der Waals surface area contributed by atoms with E-state index < -0.39 is 5.97 Å². The number of fused-ring (bicyclic) bond motifs is 1. The summed E-state index contributed by atoms with van der Waals surface area (Å²) in [6.45, 7) is 4.26. The van der Waals surface area contributed by atoms with Crippen molar-refractivity contribution < 1.29 is 14.7 Å². The predicted molar refractivity (Wildman–Crippen MR) is 131 cm³/mol. The van der Waals surface area contributed by atoms with E-state index in [0.717, 1.165) is 57.3 Å². The number of aliphatic carboxylic acids is 1. The van der Waals surface area contributed by atoms with Crippen LogP contribution in [0, 0.1) is 5.92 Å². The van der Waals surface area contributed by atoms with Crippen LogP contribution in [0.2, 0.25) is 0 Å². The number of likely N-dealkylation sites (tertiary alicyclic amines) is 1. The molecule has 0 radical (unpaired) electrons. The Labute approximate surface area is 197 Å². The highest BCUT2D eigenvalue weighted by Gasteiger charge is 2.38. The Hall–Kier alpha value is -2.66. The molecule has 1 N–H and O–H groups in total. The largest absolute Gasteiger partial charge is 0.481 e. The molecule has 0 bridgehead atoms. The summed E-state index contributed by atoms with van der Waals surface area (Å²) in [5.41, 5.74) is 3.71. The number of unbranched alkanes of at least 4 members (excludes halogenated alkanes) is 2. The van der Waals surface area contributed by atoms with Crippen molar-refractivity contribution >= 4 is 17.6 Å². The number of benzene rings is 2. The van der Waals surface area contributed by atoms with E-state index >= 15 is 0 Å². The summed E-state index contributed by atoms with van der Waals surface area (Å²) in [7, 11) is 0. The van der Waals surface area contributed by atoms with Crippen molar-refractivity contribution in [3.63, 3.8) is 0 Å². The maximum atomic E-state index is 13.6. The van der Waals surface area contributed by atoms with Gasteiger partial charge in [-0.25, -0.2) is 0 Å². The molecule has 1 saturated heterocycles. The molecule has 5 heteroatoms. The van der Waals surface area contributed by atoms with E-state index in [9.17, 15) is 9.59 Å². The molecule has 2 aliphatic rings. The smallest absolute Gasteiger partial charge is 0.303 e. The van der Waals surface area contributed by atoms with Crippen LogP contribution in [0.5, 0.6) is 0 Å². The molecule has 2 aromatic rings. The Bertz CT molecular complexity index is 937. The maximum absolute atomic E-state index is 13.6. The average molecular weight is 449 g/mol. The van der Waals surface area contributed by atoms with Gasteiger partial charge in [-0.1, -0.05) is 61.4 Å². The van der Waals surface area contributed by atoms with Gasteiger partial charge >= 0.3 is 5.97 Å². The van der Waals surface area contributed by atoms with E-state index in [2.05, 4.69) is 65.3 Å². The normalized spacial score (nSPS) is 20.5. The quantitative estimate of drug-likeness (QED) is 0.518. The SMILES string of the molecule is CC(c1ccccc1)N1CCC(N2C(=O)C(CCCCCC(=O)O)Cc3ccccc32)CC1. The number of rotatable bonds is 9. The molecule has 2 heterocycles. The number of para-hydroxylation sites is 1. The highest BCUT2D eigenvalue weighted by Crippen LogP contribution is 2.37. The number of nitrogens with zero attached hydrogens (tertiary/aromatic N) is 2. The number of carbonyl (C=O) groups is 2. The second kappa shape index (κ2) is 11.0. The van der Waals surface area contributed by atoms with Crippen molar-refractivity contribution in [3.05, 3.63) is 65.7 Å². The van der Waals surface area contributed by atoms with Crippen LogP contribution >= 0.6 is 0 Å². The number of anilines is 1. The lowest BCUT2D eigenvalue weighted by Gasteiger charge is -2.44. The minimum Gasteiger partial charge on any atom is -0.481 e. The third kappa shape index (κ3) is 5.64. The molecule has 176 valence electrons. The third-order valence-corrected chi connectivity index (χ3v) is 7.44. The molecule has 0 spiro atoms. The lowest BCUT2D eigenvalue weighted by Crippen LogP contribution is -2.52. The van der Waals surface area contributed by atoms with Crippen LogP contribution in [0.1, 0.15) is 69.0 Å². The van der Waals surface area contributed by atoms with E-state index in [1.54, 1.807) is 0 Å². The number of carboxylic acid groups (broad SMARTS) is 1. The second-order valence-electron chi connectivity index (χ2n) is 9.58. The summed E-state index contributed by atoms with van der Waals surface area (Å²) in [4.78, 5) is 29.0. The molecule has 1 fully saturated rings. The van der Waals surface area contributed by atoms with Gasteiger partial charge in [-0.3, -0.25) is 14.5 Å². The molecule has 0 saturated carbocycles. The van der Waals surface area contributed by atoms with Crippen molar-refractivity contribution in [3.8, 4) is 0 Å². The molecular weight excluding hydrogens is 412 g/mol. The van der Waals surface area contributed by atoms with E-state index in [0.29, 0.717) is 12.5 Å². The molecule has 0 aromatic heterocycles. The Morgan fingerprint density at radius 2 is 1.70 bits per heavy atom. The first-order chi connectivity index (χ1) is 16.0. The van der Waals surface area contributed by atoms with Gasteiger partial charge in [-0.2, -0.15) is 0 Å². The fourth-order valence-corrected chi connectivity index (χ4v) is 5.51. The van der Waals surface area contributed by atoms with Crippen molar-refractivity contribution in [2.45, 2.75) is 70.4 Å². The fourth-order valence-electron chi connectivity index (χ4n) is 5.51. The molecule has 0 aliphatic carbocycles. The standard InChI is InChI=1S/C28H36N2O3/c1-21(22-10-4-2-5-11-22)29-18-16-25(17-19-29)30-26-14-9-8-12-23(26)20-24(28(30)33)13-6-3-7-15-27(31)32/h2,4-5,8-12,14,21,24-25H,3,6-7,13,15-20H2,1H3,(H,31,32). The Balaban J connectivity index is 1.40. The van der Waals surface area contributed by atoms with Crippen molar-refractivity contribution in [2.75, 3.05) is 18.0 Å². The van der Waals surface area contributed by atoms with E-state index in [1.165, 1.54) is 11.1 Å². The van der Waals surface area contributed by atoms with Gasteiger partial charge in [0.2, 0.25) is 5.91 Å². The van der Waals surface area contributed by atoms with Gasteiger partial charge in [0.15, 0.2) is 0 Å². The van der Waals surface area contributed by atoms with Crippen LogP contribution in [0.25, 0.3) is 0 Å². The highest BCUT2D eigenvalue weighted by molar-refractivity contribution is 5.98. The van der Waals surface area contributed by atoms with Crippen molar-refractivity contribution in [1.29, 1.82) is 0 Å². The van der Waals surface area contributed by atoms with E-state index in [1.807, 2.05) is 6.07 Å². The zero-order valence-electron chi connectivity index (χ0n) is 19.7. The zero-order chi connectivity index (χ0) is 23.2. The third-order valence-electron chi connectivity index (χ3n) is 7.44. The van der Waals surface area contributed by atoms with Gasteiger partial charge in [0.25, 0.3) is 0 Å². The van der Waals surface area contributed by atoms with Crippen LogP contribution in [-0.4, -0.2) is 41.0 Å². The number of hydrogen-bond donors (Lipinski definition) is 1. The molecule has 33 heavy (non-hydrogen) atoms. The predicted octanol–water partition coefficient (Wildman–Crippen LogP) is 5.45. The van der Waals surface area contributed by atoms with Gasteiger partial charge in [0, 0.05) is 43.2 Å². The molecular formula is C28H36N2O3. The van der Waals surface area contributed by atoms with Crippen LogP contribution < -0.4 is 4.90 Å². The maximum Gasteiger partial charge on any atom is 0.303 e. The Kier molecular flexibility index (Phi) is 7.81. The second-order valence-corrected chi connectivity index (χ2v) is 9.58. The first kappa shape index (κ1) is 23.5. The summed E-state index contributed by atoms with van der Waals surface area (Å²) in [5.74, 6) is -0.468. The van der Waals surface area contributed by atoms with Gasteiger partial charge in [-0.15, -0.1) is 0 Å². The van der Waals surface area contributed by atoms with Crippen molar-refractivity contribution in [2.24, 2.45) is 5.92 Å². The van der Waals surface area contributed by atoms with Crippen molar-refractivity contribution in [1.82, 2.24) is 4.90 Å². The first-order valence-corrected chi connectivity index (χ1v) is 12.5. The van der Waals surface area contributed by atoms with E-state index in [4.69, 9.17) is 5.11 Å². The number of hydrogen-bond acceptors (Lipinski definition) is 3. The van der Waals surface area contributed by atoms with Crippen LogP contribution in [0.3, 0.4) is 0 Å². The number of carboxylic acids is 1. The number of carbonyl (C=O) groups excluding carboxylic acids is 1. The van der Waals surface area contributed by atoms with Gasteiger partial charge < -0.3 is 10.0 Å². The zero-order valence-corrected chi connectivity index (χ0v) is 19.7. The number of piperidine rings is 1. The molecule has 4 rings (SSSR count). The minimum absolute atomic E-state index is 0.00556. The molecule has 1 amide bonds. The average Bonchev–Trinajstić information content (AvgIpc) is 2.84. The molecule has 2 atom stereocenters. The summed E-state index contributed by atoms with van der Waals surface area (Å²) in [5, 5.41) is 8.85. The van der Waals surface area contributed by atoms with Crippen LogP contribution in [0.4, 0.5) is 5.69 Å². The monoisotopic (exact) mass is 448 g/mol. The van der Waals surface area contributed by atoms with Crippen LogP contribution in [-0.2, 0) is 16.0 Å². The molecule has 2 aliphatic heterocycles. The molecule has 2 aromatic carbocycles.